The molecule has 9 nitrogen and oxygen atoms in total. The van der Waals surface area contributed by atoms with Crippen LogP contribution in [0.25, 0.3) is 0 Å². The normalized spacial score (nSPS) is 10.9. The van der Waals surface area contributed by atoms with Gasteiger partial charge in [-0.1, -0.05) is 0 Å². The van der Waals surface area contributed by atoms with Crippen LogP contribution < -0.4 is 10.6 Å². The second-order valence-electron chi connectivity index (χ2n) is 6.24. The van der Waals surface area contributed by atoms with E-state index in [2.05, 4.69) is 20.7 Å². The van der Waals surface area contributed by atoms with E-state index in [-0.39, 0.29) is 18.4 Å². The lowest BCUT2D eigenvalue weighted by Crippen LogP contribution is -2.40. The summed E-state index contributed by atoms with van der Waals surface area (Å²) in [5, 5.41) is 9.89. The maximum atomic E-state index is 12.4. The van der Waals surface area contributed by atoms with Gasteiger partial charge in [-0.05, 0) is 30.8 Å². The Kier molecular flexibility index (Phi) is 8.37. The number of aromatic nitrogens is 3. The molecule has 0 aliphatic carbocycles. The van der Waals surface area contributed by atoms with E-state index < -0.39 is 0 Å². The molecule has 0 bridgehead atoms. The SMILES string of the molecule is CCN(CCN(C)Cl)C(=O)CNCc1cc(C(=O)Nc2ccnn2C)ccn1. The third-order valence-corrected chi connectivity index (χ3v) is 4.31. The van der Waals surface area contributed by atoms with E-state index in [4.69, 9.17) is 11.8 Å². The van der Waals surface area contributed by atoms with Crippen LogP contribution in [0.3, 0.4) is 0 Å². The first-order chi connectivity index (χ1) is 13.4. The summed E-state index contributed by atoms with van der Waals surface area (Å²) in [6.07, 6.45) is 3.19. The zero-order valence-corrected chi connectivity index (χ0v) is 17.1. The predicted octanol–water partition coefficient (Wildman–Crippen LogP) is 1.09. The van der Waals surface area contributed by atoms with Crippen LogP contribution in [0, 0.1) is 0 Å². The second kappa shape index (κ2) is 10.7. The van der Waals surface area contributed by atoms with Gasteiger partial charge in [0, 0.05) is 58.1 Å². The maximum Gasteiger partial charge on any atom is 0.256 e. The summed E-state index contributed by atoms with van der Waals surface area (Å²) < 4.78 is 3.10. The van der Waals surface area contributed by atoms with Crippen LogP contribution in [0.5, 0.6) is 0 Å². The van der Waals surface area contributed by atoms with Gasteiger partial charge in [0.05, 0.1) is 18.4 Å². The van der Waals surface area contributed by atoms with Crippen molar-refractivity contribution in [1.82, 2.24) is 29.4 Å². The lowest BCUT2D eigenvalue weighted by molar-refractivity contribution is -0.130. The van der Waals surface area contributed by atoms with Gasteiger partial charge in [-0.3, -0.25) is 19.3 Å². The number of nitrogens with zero attached hydrogens (tertiary/aromatic N) is 5. The highest BCUT2D eigenvalue weighted by atomic mass is 35.5. The zero-order chi connectivity index (χ0) is 20.5. The summed E-state index contributed by atoms with van der Waals surface area (Å²) in [4.78, 5) is 30.6. The van der Waals surface area contributed by atoms with Crippen molar-refractivity contribution in [2.24, 2.45) is 7.05 Å². The van der Waals surface area contributed by atoms with E-state index >= 15 is 0 Å². The number of pyridine rings is 1. The predicted molar refractivity (Wildman–Crippen MR) is 108 cm³/mol. The minimum absolute atomic E-state index is 0.00822. The largest absolute Gasteiger partial charge is 0.341 e. The van der Waals surface area contributed by atoms with Crippen molar-refractivity contribution >= 4 is 29.4 Å². The average Bonchev–Trinajstić information content (AvgIpc) is 3.07. The van der Waals surface area contributed by atoms with Crippen LogP contribution in [-0.4, -0.2) is 69.1 Å². The number of likely N-dealkylation sites (N-methyl/N-ethyl adjacent to an activating group) is 2. The zero-order valence-electron chi connectivity index (χ0n) is 16.4. The summed E-state index contributed by atoms with van der Waals surface area (Å²) in [5.74, 6) is 0.353. The standard InChI is InChI=1S/C18H26ClN7O2/c1-4-26(10-9-24(2)19)17(27)13-20-12-15-11-14(5-7-21-15)18(28)23-16-6-8-22-25(16)3/h5-8,11,20H,4,9-10,12-13H2,1-3H3,(H,23,28). The molecule has 28 heavy (non-hydrogen) atoms. The number of halogens is 1. The molecule has 0 spiro atoms. The Labute approximate surface area is 169 Å². The van der Waals surface area contributed by atoms with Gasteiger partial charge in [0.2, 0.25) is 5.91 Å². The fourth-order valence-electron chi connectivity index (χ4n) is 2.53. The third-order valence-electron chi connectivity index (χ3n) is 4.14. The summed E-state index contributed by atoms with van der Waals surface area (Å²) in [5.41, 5.74) is 1.16. The number of anilines is 1. The van der Waals surface area contributed by atoms with Crippen LogP contribution >= 0.6 is 11.8 Å². The Bertz CT molecular complexity index is 794. The molecule has 2 amide bonds. The summed E-state index contributed by atoms with van der Waals surface area (Å²) in [7, 11) is 3.50. The van der Waals surface area contributed by atoms with Crippen molar-refractivity contribution < 1.29 is 9.59 Å². The molecule has 2 rings (SSSR count). The molecule has 0 aromatic carbocycles. The molecule has 152 valence electrons. The van der Waals surface area contributed by atoms with Gasteiger partial charge >= 0.3 is 0 Å². The molecule has 0 aliphatic heterocycles. The Morgan fingerprint density at radius 1 is 1.25 bits per heavy atom. The molecule has 0 radical (unpaired) electrons. The van der Waals surface area contributed by atoms with Crippen LogP contribution in [0.15, 0.2) is 30.6 Å². The molecule has 2 N–H and O–H groups in total. The minimum atomic E-state index is -0.245. The number of carbonyl (C=O) groups is 2. The summed E-state index contributed by atoms with van der Waals surface area (Å²) in [6, 6.07) is 5.06. The Morgan fingerprint density at radius 2 is 2.04 bits per heavy atom. The first kappa shape index (κ1) is 21.8. The van der Waals surface area contributed by atoms with E-state index in [1.54, 1.807) is 54.3 Å². The molecule has 0 saturated heterocycles. The lowest BCUT2D eigenvalue weighted by atomic mass is 10.2. The number of carbonyl (C=O) groups excluding carboxylic acids is 2. The molecule has 0 saturated carbocycles. The molecule has 0 atom stereocenters. The average molecular weight is 408 g/mol. The molecule has 2 heterocycles. The van der Waals surface area contributed by atoms with Crippen LogP contribution in [0.4, 0.5) is 5.82 Å². The van der Waals surface area contributed by atoms with Crippen LogP contribution in [0.1, 0.15) is 23.0 Å². The van der Waals surface area contributed by atoms with Crippen LogP contribution in [0.2, 0.25) is 0 Å². The number of aryl methyl sites for hydroxylation is 1. The van der Waals surface area contributed by atoms with Gasteiger partial charge in [-0.25, -0.2) is 4.42 Å². The van der Waals surface area contributed by atoms with Gasteiger partial charge in [0.15, 0.2) is 0 Å². The number of hydrogen-bond donors (Lipinski definition) is 2. The van der Waals surface area contributed by atoms with Gasteiger partial charge in [0.25, 0.3) is 5.91 Å². The number of nitrogens with one attached hydrogen (secondary N) is 2. The number of rotatable bonds is 10. The van der Waals surface area contributed by atoms with E-state index in [1.807, 2.05) is 6.92 Å². The minimum Gasteiger partial charge on any atom is -0.341 e. The van der Waals surface area contributed by atoms with Crippen molar-refractivity contribution in [2.75, 3.05) is 38.5 Å². The molecular weight excluding hydrogens is 382 g/mol. The van der Waals surface area contributed by atoms with E-state index in [9.17, 15) is 9.59 Å². The molecule has 0 aliphatic rings. The molecule has 0 unspecified atom stereocenters. The first-order valence-electron chi connectivity index (χ1n) is 9.00. The topological polar surface area (TPSA) is 95.4 Å². The van der Waals surface area contributed by atoms with E-state index in [0.29, 0.717) is 43.3 Å². The Hall–Kier alpha value is -2.49. The van der Waals surface area contributed by atoms with Gasteiger partial charge in [-0.2, -0.15) is 5.10 Å². The molecular formula is C18H26ClN7O2. The Balaban J connectivity index is 1.86. The number of amides is 2. The van der Waals surface area contributed by atoms with Crippen LogP contribution in [-0.2, 0) is 18.4 Å². The maximum absolute atomic E-state index is 12.4. The monoisotopic (exact) mass is 407 g/mol. The van der Waals surface area contributed by atoms with E-state index in [0.717, 1.165) is 0 Å². The fourth-order valence-corrected chi connectivity index (χ4v) is 2.60. The third kappa shape index (κ3) is 6.59. The van der Waals surface area contributed by atoms with Crippen molar-refractivity contribution in [3.8, 4) is 0 Å². The van der Waals surface area contributed by atoms with Crippen molar-refractivity contribution in [3.63, 3.8) is 0 Å². The molecule has 2 aromatic rings. The highest BCUT2D eigenvalue weighted by Gasteiger charge is 2.13. The van der Waals surface area contributed by atoms with Crippen molar-refractivity contribution in [3.05, 3.63) is 41.9 Å². The highest BCUT2D eigenvalue weighted by Crippen LogP contribution is 2.08. The Morgan fingerprint density at radius 3 is 2.68 bits per heavy atom. The quantitative estimate of drug-likeness (QED) is 0.572. The second-order valence-corrected chi connectivity index (χ2v) is 6.81. The molecule has 10 heteroatoms. The summed E-state index contributed by atoms with van der Waals surface area (Å²) in [6.45, 7) is 4.28. The lowest BCUT2D eigenvalue weighted by Gasteiger charge is -2.22. The first-order valence-corrected chi connectivity index (χ1v) is 9.34. The highest BCUT2D eigenvalue weighted by molar-refractivity contribution is 6.13. The van der Waals surface area contributed by atoms with Gasteiger partial charge in [0.1, 0.15) is 5.82 Å². The smallest absolute Gasteiger partial charge is 0.256 e. The van der Waals surface area contributed by atoms with Gasteiger partial charge in [-0.15, -0.1) is 0 Å². The summed E-state index contributed by atoms with van der Waals surface area (Å²) >= 11 is 5.80. The van der Waals surface area contributed by atoms with E-state index in [1.165, 1.54) is 4.42 Å². The molecule has 0 fully saturated rings. The fraction of sp³-hybridized carbons (Fsp3) is 0.444. The van der Waals surface area contributed by atoms with Crippen molar-refractivity contribution in [1.29, 1.82) is 0 Å². The number of hydrogen-bond acceptors (Lipinski definition) is 6. The van der Waals surface area contributed by atoms with Crippen molar-refractivity contribution in [2.45, 2.75) is 13.5 Å². The molecule has 2 aromatic heterocycles. The van der Waals surface area contributed by atoms with Gasteiger partial charge < -0.3 is 15.5 Å².